The van der Waals surface area contributed by atoms with Crippen LogP contribution in [0.4, 0.5) is 0 Å². The Morgan fingerprint density at radius 2 is 1.93 bits per heavy atom. The Balaban J connectivity index is 3.70. The highest BCUT2D eigenvalue weighted by Crippen LogP contribution is 2.00. The number of likely N-dealkylation sites (N-methyl/N-ethyl adjacent to an activating group) is 1. The van der Waals surface area contributed by atoms with Gasteiger partial charge in [-0.15, -0.1) is 0 Å². The molecule has 0 fully saturated rings. The molecule has 0 aromatic rings. The third-order valence-corrected chi connectivity index (χ3v) is 2.05. The van der Waals surface area contributed by atoms with Crippen molar-refractivity contribution in [1.82, 2.24) is 10.6 Å². The Hall–Kier alpha value is -1.10. The summed E-state index contributed by atoms with van der Waals surface area (Å²) in [5.74, 6) is -0.961. The van der Waals surface area contributed by atoms with E-state index in [9.17, 15) is 9.59 Å². The molecule has 0 unspecified atom stereocenters. The summed E-state index contributed by atoms with van der Waals surface area (Å²) in [7, 11) is 1.71. The topological polar surface area (TPSA) is 78.4 Å². The van der Waals surface area contributed by atoms with Crippen LogP contribution < -0.4 is 10.6 Å². The summed E-state index contributed by atoms with van der Waals surface area (Å²) in [6.07, 6.45) is 0.543. The molecule has 82 valence electrons. The summed E-state index contributed by atoms with van der Waals surface area (Å²) in [6.45, 7) is 3.93. The number of hydrogen-bond donors (Lipinski definition) is 3. The number of carboxylic acids is 1. The van der Waals surface area contributed by atoms with E-state index in [0.717, 1.165) is 0 Å². The second-order valence-corrected chi connectivity index (χ2v) is 3.63. The second-order valence-electron chi connectivity index (χ2n) is 3.63. The van der Waals surface area contributed by atoms with Crippen LogP contribution in [0.5, 0.6) is 0 Å². The fraction of sp³-hybridized carbons (Fsp3) is 0.778. The summed E-state index contributed by atoms with van der Waals surface area (Å²) in [5.41, 5.74) is -0.608. The zero-order valence-corrected chi connectivity index (χ0v) is 8.89. The van der Waals surface area contributed by atoms with Gasteiger partial charge in [-0.25, -0.2) is 0 Å². The standard InChI is InChI=1S/C9H18N2O3/c1-9(2,10-3)8(14)11-6-4-5-7(12)13/h10H,4-6H2,1-3H3,(H,11,14)(H,12,13). The summed E-state index contributed by atoms with van der Waals surface area (Å²) >= 11 is 0. The van der Waals surface area contributed by atoms with E-state index in [-0.39, 0.29) is 12.3 Å². The van der Waals surface area contributed by atoms with Gasteiger partial charge < -0.3 is 15.7 Å². The third-order valence-electron chi connectivity index (χ3n) is 2.05. The number of carbonyl (C=O) groups is 2. The maximum Gasteiger partial charge on any atom is 0.303 e. The van der Waals surface area contributed by atoms with Crippen molar-refractivity contribution in [1.29, 1.82) is 0 Å². The molecule has 1 amide bonds. The lowest BCUT2D eigenvalue weighted by molar-refractivity contribution is -0.137. The summed E-state index contributed by atoms with van der Waals surface area (Å²) in [5, 5.41) is 13.9. The molecule has 0 aliphatic rings. The molecule has 0 spiro atoms. The van der Waals surface area contributed by atoms with Crippen LogP contribution in [0.15, 0.2) is 0 Å². The molecule has 0 saturated carbocycles. The molecule has 0 heterocycles. The number of hydrogen-bond acceptors (Lipinski definition) is 3. The van der Waals surface area contributed by atoms with Gasteiger partial charge in [0.1, 0.15) is 0 Å². The first-order valence-corrected chi connectivity index (χ1v) is 4.59. The van der Waals surface area contributed by atoms with Crippen molar-refractivity contribution in [2.75, 3.05) is 13.6 Å². The van der Waals surface area contributed by atoms with Crippen molar-refractivity contribution in [3.05, 3.63) is 0 Å². The van der Waals surface area contributed by atoms with E-state index in [1.807, 2.05) is 0 Å². The first-order valence-electron chi connectivity index (χ1n) is 4.59. The Morgan fingerprint density at radius 3 is 2.36 bits per heavy atom. The first-order chi connectivity index (χ1) is 6.40. The van der Waals surface area contributed by atoms with Gasteiger partial charge in [0.25, 0.3) is 0 Å². The minimum absolute atomic E-state index is 0.0836. The van der Waals surface area contributed by atoms with E-state index in [4.69, 9.17) is 5.11 Å². The van der Waals surface area contributed by atoms with Gasteiger partial charge in [0.05, 0.1) is 5.54 Å². The zero-order chi connectivity index (χ0) is 11.2. The molecule has 0 aliphatic heterocycles. The van der Waals surface area contributed by atoms with Gasteiger partial charge >= 0.3 is 5.97 Å². The van der Waals surface area contributed by atoms with Crippen LogP contribution in [0.1, 0.15) is 26.7 Å². The van der Waals surface area contributed by atoms with Crippen LogP contribution in [0, 0.1) is 0 Å². The van der Waals surface area contributed by atoms with Crippen molar-refractivity contribution in [3.8, 4) is 0 Å². The van der Waals surface area contributed by atoms with Crippen LogP contribution in [-0.4, -0.2) is 36.1 Å². The number of carbonyl (C=O) groups excluding carboxylic acids is 1. The van der Waals surface area contributed by atoms with Gasteiger partial charge in [0.2, 0.25) is 5.91 Å². The van der Waals surface area contributed by atoms with Crippen molar-refractivity contribution >= 4 is 11.9 Å². The summed E-state index contributed by atoms with van der Waals surface area (Å²) in [6, 6.07) is 0. The van der Waals surface area contributed by atoms with E-state index >= 15 is 0 Å². The Bertz CT molecular complexity index is 214. The van der Waals surface area contributed by atoms with E-state index in [1.54, 1.807) is 20.9 Å². The maximum absolute atomic E-state index is 11.4. The summed E-state index contributed by atoms with van der Waals surface area (Å²) in [4.78, 5) is 21.6. The van der Waals surface area contributed by atoms with Crippen molar-refractivity contribution in [2.24, 2.45) is 0 Å². The van der Waals surface area contributed by atoms with E-state index in [2.05, 4.69) is 10.6 Å². The molecule has 0 atom stereocenters. The number of carboxylic acid groups (broad SMARTS) is 1. The van der Waals surface area contributed by atoms with E-state index in [0.29, 0.717) is 13.0 Å². The van der Waals surface area contributed by atoms with Crippen LogP contribution in [0.3, 0.4) is 0 Å². The largest absolute Gasteiger partial charge is 0.481 e. The van der Waals surface area contributed by atoms with Gasteiger partial charge in [-0.2, -0.15) is 0 Å². The number of nitrogens with one attached hydrogen (secondary N) is 2. The van der Waals surface area contributed by atoms with Crippen molar-refractivity contribution in [2.45, 2.75) is 32.2 Å². The molecule has 0 aromatic carbocycles. The van der Waals surface area contributed by atoms with E-state index in [1.165, 1.54) is 0 Å². The predicted octanol–water partition coefficient (Wildman–Crippen LogP) is -0.0346. The lowest BCUT2D eigenvalue weighted by Gasteiger charge is -2.22. The van der Waals surface area contributed by atoms with E-state index < -0.39 is 11.5 Å². The van der Waals surface area contributed by atoms with Crippen LogP contribution >= 0.6 is 0 Å². The van der Waals surface area contributed by atoms with Crippen LogP contribution in [0.25, 0.3) is 0 Å². The van der Waals surface area contributed by atoms with Gasteiger partial charge in [0, 0.05) is 13.0 Å². The molecule has 0 radical (unpaired) electrons. The predicted molar refractivity (Wildman–Crippen MR) is 53.0 cm³/mol. The zero-order valence-electron chi connectivity index (χ0n) is 8.89. The number of amides is 1. The van der Waals surface area contributed by atoms with Crippen molar-refractivity contribution in [3.63, 3.8) is 0 Å². The fourth-order valence-electron chi connectivity index (χ4n) is 0.776. The molecule has 0 rings (SSSR count). The minimum atomic E-state index is -0.841. The first kappa shape index (κ1) is 12.9. The molecular formula is C9H18N2O3. The number of aliphatic carboxylic acids is 1. The highest BCUT2D eigenvalue weighted by molar-refractivity contribution is 5.85. The molecule has 0 aromatic heterocycles. The Morgan fingerprint density at radius 1 is 1.36 bits per heavy atom. The molecule has 0 saturated heterocycles. The van der Waals surface area contributed by atoms with Crippen LogP contribution in [0.2, 0.25) is 0 Å². The maximum atomic E-state index is 11.4. The van der Waals surface area contributed by atoms with Gasteiger partial charge in [0.15, 0.2) is 0 Å². The normalized spacial score (nSPS) is 11.1. The smallest absolute Gasteiger partial charge is 0.303 e. The Kier molecular flexibility index (Phi) is 5.15. The monoisotopic (exact) mass is 202 g/mol. The lowest BCUT2D eigenvalue weighted by Crippen LogP contribution is -2.51. The average Bonchev–Trinajstić information content (AvgIpc) is 2.11. The minimum Gasteiger partial charge on any atom is -0.481 e. The molecule has 0 aliphatic carbocycles. The second kappa shape index (κ2) is 5.59. The molecule has 5 heteroatoms. The van der Waals surface area contributed by atoms with Gasteiger partial charge in [-0.05, 0) is 27.3 Å². The molecule has 14 heavy (non-hydrogen) atoms. The van der Waals surface area contributed by atoms with Crippen molar-refractivity contribution < 1.29 is 14.7 Å². The highest BCUT2D eigenvalue weighted by Gasteiger charge is 2.24. The van der Waals surface area contributed by atoms with Crippen LogP contribution in [-0.2, 0) is 9.59 Å². The lowest BCUT2D eigenvalue weighted by atomic mass is 10.1. The van der Waals surface area contributed by atoms with Gasteiger partial charge in [-0.1, -0.05) is 0 Å². The molecule has 3 N–H and O–H groups in total. The molecule has 5 nitrogen and oxygen atoms in total. The summed E-state index contributed by atoms with van der Waals surface area (Å²) < 4.78 is 0. The molecular weight excluding hydrogens is 184 g/mol. The SMILES string of the molecule is CNC(C)(C)C(=O)NCCCC(=O)O. The quantitative estimate of drug-likeness (QED) is 0.528. The third kappa shape index (κ3) is 4.81. The average molecular weight is 202 g/mol. The number of rotatable bonds is 6. The Labute approximate surface area is 83.9 Å². The highest BCUT2D eigenvalue weighted by atomic mass is 16.4. The fourth-order valence-corrected chi connectivity index (χ4v) is 0.776. The molecule has 0 bridgehead atoms. The van der Waals surface area contributed by atoms with Gasteiger partial charge in [-0.3, -0.25) is 9.59 Å².